The first-order valence-corrected chi connectivity index (χ1v) is 14.0. The van der Waals surface area contributed by atoms with E-state index in [1.807, 2.05) is 36.2 Å². The summed E-state index contributed by atoms with van der Waals surface area (Å²) in [7, 11) is -2.46. The van der Waals surface area contributed by atoms with Crippen molar-refractivity contribution in [3.05, 3.63) is 76.4 Å². The van der Waals surface area contributed by atoms with Crippen LogP contribution in [0.25, 0.3) is 0 Å². The lowest BCUT2D eigenvalue weighted by Gasteiger charge is -2.41. The Hall–Kier alpha value is -2.99. The molecule has 1 fully saturated rings. The number of halogens is 3. The molecule has 1 heterocycles. The Morgan fingerprint density at radius 1 is 1.21 bits per heavy atom. The Balaban J connectivity index is 1.56. The zero-order chi connectivity index (χ0) is 27.3. The van der Waals surface area contributed by atoms with Gasteiger partial charge in [-0.2, -0.15) is 0 Å². The molecule has 38 heavy (non-hydrogen) atoms. The van der Waals surface area contributed by atoms with Crippen LogP contribution in [0, 0.1) is 5.82 Å². The third-order valence-corrected chi connectivity index (χ3v) is 8.44. The summed E-state index contributed by atoms with van der Waals surface area (Å²) >= 11 is 12.6. The molecule has 2 N–H and O–H groups in total. The van der Waals surface area contributed by atoms with Crippen molar-refractivity contribution in [2.24, 2.45) is 0 Å². The monoisotopic (exact) mass is 581 g/mol. The highest BCUT2D eigenvalue weighted by molar-refractivity contribution is 7.92. The van der Waals surface area contributed by atoms with E-state index in [0.29, 0.717) is 24.3 Å². The van der Waals surface area contributed by atoms with Crippen LogP contribution in [0.4, 0.5) is 15.9 Å². The number of aromatic nitrogens is 2. The van der Waals surface area contributed by atoms with Crippen molar-refractivity contribution in [1.82, 2.24) is 14.9 Å². The van der Waals surface area contributed by atoms with E-state index in [1.165, 1.54) is 18.6 Å². The molecular weight excluding hydrogens is 556 g/mol. The number of carbonyl (C=O) groups is 1. The Kier molecular flexibility index (Phi) is 9.03. The van der Waals surface area contributed by atoms with Crippen LogP contribution in [0.2, 0.25) is 10.0 Å². The third kappa shape index (κ3) is 6.71. The first-order valence-electron chi connectivity index (χ1n) is 11.7. The molecule has 0 unspecified atom stereocenters. The van der Waals surface area contributed by atoms with Gasteiger partial charge < -0.3 is 10.1 Å². The fourth-order valence-electron chi connectivity index (χ4n) is 4.70. The van der Waals surface area contributed by atoms with Gasteiger partial charge in [0.1, 0.15) is 29.6 Å². The van der Waals surface area contributed by atoms with Crippen LogP contribution >= 0.6 is 23.2 Å². The molecule has 9 nitrogen and oxygen atoms in total. The van der Waals surface area contributed by atoms with Crippen molar-refractivity contribution in [2.75, 3.05) is 23.8 Å². The standard InChI is InChI=1S/C25H26Cl2FN5O4S/c1-33(14-37-15-34)23-10-17(16-3-2-4-18(26)9-16)5-6-21(23)31-22-12-20(28)24(11-19(22)27)38(35,36)32-25-7-8-29-13-30-25/h2-4,7-9,11-13,15,17,21,23,31H,5-6,10,14H2,1H3,(H,29,30,32)/t17-,21-,23-/m0/s1. The van der Waals surface area contributed by atoms with Crippen molar-refractivity contribution in [3.63, 3.8) is 0 Å². The largest absolute Gasteiger partial charge is 0.452 e. The molecule has 0 spiro atoms. The highest BCUT2D eigenvalue weighted by atomic mass is 35.5. The zero-order valence-corrected chi connectivity index (χ0v) is 22.7. The van der Waals surface area contributed by atoms with Gasteiger partial charge in [-0.1, -0.05) is 35.3 Å². The molecule has 1 saturated carbocycles. The van der Waals surface area contributed by atoms with Gasteiger partial charge in [-0.15, -0.1) is 0 Å². The number of hydrogen-bond acceptors (Lipinski definition) is 8. The summed E-state index contributed by atoms with van der Waals surface area (Å²) in [5, 5.41) is 3.98. The minimum Gasteiger partial charge on any atom is -0.452 e. The maximum atomic E-state index is 15.1. The van der Waals surface area contributed by atoms with Crippen LogP contribution in [-0.4, -0.2) is 55.6 Å². The van der Waals surface area contributed by atoms with Crippen LogP contribution in [0.15, 0.2) is 59.9 Å². The lowest BCUT2D eigenvalue weighted by Crippen LogP contribution is -2.49. The predicted molar refractivity (Wildman–Crippen MR) is 143 cm³/mol. The Bertz CT molecular complexity index is 1380. The summed E-state index contributed by atoms with van der Waals surface area (Å²) in [4.78, 5) is 19.6. The number of sulfonamides is 1. The van der Waals surface area contributed by atoms with E-state index < -0.39 is 20.7 Å². The molecule has 0 radical (unpaired) electrons. The number of nitrogens with zero attached hydrogens (tertiary/aromatic N) is 3. The molecule has 0 amide bonds. The van der Waals surface area contributed by atoms with E-state index in [2.05, 4.69) is 20.0 Å². The summed E-state index contributed by atoms with van der Waals surface area (Å²) in [6.45, 7) is 0.458. The van der Waals surface area contributed by atoms with Gasteiger partial charge in [0.15, 0.2) is 0 Å². The molecule has 1 aliphatic carbocycles. The second-order valence-corrected chi connectivity index (χ2v) is 11.5. The number of nitrogens with one attached hydrogen (secondary N) is 2. The summed E-state index contributed by atoms with van der Waals surface area (Å²) in [6, 6.07) is 10.9. The molecule has 4 rings (SSSR count). The topological polar surface area (TPSA) is 114 Å². The number of anilines is 2. The van der Waals surface area contributed by atoms with Gasteiger partial charge in [-0.25, -0.2) is 22.8 Å². The van der Waals surface area contributed by atoms with Gasteiger partial charge in [-0.05, 0) is 68.1 Å². The maximum absolute atomic E-state index is 15.1. The predicted octanol–water partition coefficient (Wildman–Crippen LogP) is 4.90. The van der Waals surface area contributed by atoms with Crippen LogP contribution < -0.4 is 10.0 Å². The van der Waals surface area contributed by atoms with Gasteiger partial charge in [0, 0.05) is 23.3 Å². The highest BCUT2D eigenvalue weighted by Gasteiger charge is 2.35. The fourth-order valence-corrected chi connectivity index (χ4v) is 6.27. The number of benzene rings is 2. The normalized spacial score (nSPS) is 19.7. The number of likely N-dealkylation sites (N-methyl/N-ethyl adjacent to an activating group) is 1. The van der Waals surface area contributed by atoms with E-state index in [0.717, 1.165) is 24.1 Å². The van der Waals surface area contributed by atoms with Gasteiger partial charge in [0.2, 0.25) is 0 Å². The molecule has 13 heteroatoms. The van der Waals surface area contributed by atoms with Crippen molar-refractivity contribution in [2.45, 2.75) is 42.2 Å². The van der Waals surface area contributed by atoms with Gasteiger partial charge in [0.25, 0.3) is 16.5 Å². The second kappa shape index (κ2) is 12.2. The van der Waals surface area contributed by atoms with E-state index in [-0.39, 0.29) is 41.3 Å². The number of carbonyl (C=O) groups excluding carboxylic acids is 1. The summed E-state index contributed by atoms with van der Waals surface area (Å²) in [5.74, 6) is -0.763. The second-order valence-electron chi connectivity index (χ2n) is 8.99. The van der Waals surface area contributed by atoms with Gasteiger partial charge in [-0.3, -0.25) is 14.4 Å². The van der Waals surface area contributed by atoms with E-state index >= 15 is 4.39 Å². The molecule has 1 aromatic heterocycles. The van der Waals surface area contributed by atoms with Crippen LogP contribution in [-0.2, 0) is 19.6 Å². The zero-order valence-electron chi connectivity index (χ0n) is 20.4. The van der Waals surface area contributed by atoms with E-state index in [9.17, 15) is 13.2 Å². The lowest BCUT2D eigenvalue weighted by molar-refractivity contribution is -0.133. The van der Waals surface area contributed by atoms with E-state index in [1.54, 1.807) is 0 Å². The van der Waals surface area contributed by atoms with Crippen molar-refractivity contribution in [1.29, 1.82) is 0 Å². The minimum absolute atomic E-state index is 0.00221. The number of hydrogen-bond donors (Lipinski definition) is 2. The molecule has 0 saturated heterocycles. The van der Waals surface area contributed by atoms with Gasteiger partial charge >= 0.3 is 0 Å². The van der Waals surface area contributed by atoms with Crippen molar-refractivity contribution in [3.8, 4) is 0 Å². The van der Waals surface area contributed by atoms with Crippen LogP contribution in [0.1, 0.15) is 30.7 Å². The lowest BCUT2D eigenvalue weighted by atomic mass is 9.78. The number of rotatable bonds is 10. The Morgan fingerprint density at radius 2 is 2.03 bits per heavy atom. The maximum Gasteiger partial charge on any atom is 0.294 e. The van der Waals surface area contributed by atoms with E-state index in [4.69, 9.17) is 27.9 Å². The minimum atomic E-state index is -4.29. The van der Waals surface area contributed by atoms with Crippen molar-refractivity contribution >= 4 is 51.2 Å². The Labute approximate surface area is 230 Å². The smallest absolute Gasteiger partial charge is 0.294 e. The molecule has 1 aliphatic rings. The first kappa shape index (κ1) is 28.0. The third-order valence-electron chi connectivity index (χ3n) is 6.52. The molecule has 0 aliphatic heterocycles. The molecule has 3 atom stereocenters. The molecule has 3 aromatic rings. The molecular formula is C25H26Cl2FN5O4S. The SMILES string of the molecule is CN(COC=O)[C@H]1C[C@@H](c2cccc(Cl)c2)CC[C@@H]1Nc1cc(F)c(S(=O)(=O)Nc2ccncn2)cc1Cl. The summed E-state index contributed by atoms with van der Waals surface area (Å²) in [6.07, 6.45) is 4.76. The average Bonchev–Trinajstić information content (AvgIpc) is 2.89. The highest BCUT2D eigenvalue weighted by Crippen LogP contribution is 2.38. The van der Waals surface area contributed by atoms with Gasteiger partial charge in [0.05, 0.1) is 10.7 Å². The van der Waals surface area contributed by atoms with Crippen LogP contribution in [0.5, 0.6) is 0 Å². The quantitative estimate of drug-likeness (QED) is 0.256. The number of ether oxygens (including phenoxy) is 1. The van der Waals surface area contributed by atoms with Crippen molar-refractivity contribution < 1.29 is 22.3 Å². The fraction of sp³-hybridized carbons (Fsp3) is 0.320. The summed E-state index contributed by atoms with van der Waals surface area (Å²) in [5.41, 5.74) is 1.37. The first-order chi connectivity index (χ1) is 18.2. The molecule has 2 aromatic carbocycles. The molecule has 0 bridgehead atoms. The van der Waals surface area contributed by atoms with Crippen LogP contribution in [0.3, 0.4) is 0 Å². The Morgan fingerprint density at radius 3 is 2.74 bits per heavy atom. The average molecular weight is 582 g/mol. The molecule has 202 valence electrons. The summed E-state index contributed by atoms with van der Waals surface area (Å²) < 4.78 is 47.8.